The van der Waals surface area contributed by atoms with Crippen molar-refractivity contribution in [2.45, 2.75) is 12.8 Å². The summed E-state index contributed by atoms with van der Waals surface area (Å²) >= 11 is 0. The molecular weight excluding hydrogens is 272 g/mol. The maximum atomic E-state index is 11.6. The average Bonchev–Trinajstić information content (AvgIpc) is 2.53. The molecule has 0 unspecified atom stereocenters. The van der Waals surface area contributed by atoms with Crippen LogP contribution in [0.1, 0.15) is 18.4 Å². The number of hydrogen-bond donors (Lipinski definition) is 1. The molecule has 1 aliphatic heterocycles. The fraction of sp³-hybridized carbons (Fsp3) is 0.429. The molecule has 0 radical (unpaired) electrons. The second-order valence-electron chi connectivity index (χ2n) is 4.95. The van der Waals surface area contributed by atoms with E-state index in [-0.39, 0.29) is 23.1 Å². The van der Waals surface area contributed by atoms with Gasteiger partial charge in [-0.2, -0.15) is 5.26 Å². The number of piperidine rings is 1. The number of nitriles is 1. The van der Waals surface area contributed by atoms with Gasteiger partial charge >= 0.3 is 0 Å². The van der Waals surface area contributed by atoms with Gasteiger partial charge in [-0.3, -0.25) is 14.9 Å². The number of nitrogens with one attached hydrogen (secondary N) is 1. The predicted molar refractivity (Wildman–Crippen MR) is 76.8 cm³/mol. The second-order valence-corrected chi connectivity index (χ2v) is 4.95. The highest BCUT2D eigenvalue weighted by Gasteiger charge is 2.25. The lowest BCUT2D eigenvalue weighted by atomic mass is 9.95. The van der Waals surface area contributed by atoms with Gasteiger partial charge in [0, 0.05) is 37.8 Å². The average molecular weight is 288 g/mol. The third-order valence-electron chi connectivity index (χ3n) is 3.78. The first kappa shape index (κ1) is 14.8. The molecule has 21 heavy (non-hydrogen) atoms. The summed E-state index contributed by atoms with van der Waals surface area (Å²) in [5.74, 6) is 0.0417. The standard InChI is InChI=1S/C14H16N4O3/c1-16-14(19)10-4-6-17(7-5-10)12-3-2-11(9-15)13(8-12)18(20)21/h2-3,8,10H,4-7H2,1H3,(H,16,19). The van der Waals surface area contributed by atoms with Gasteiger partial charge in [-0.05, 0) is 25.0 Å². The number of benzene rings is 1. The Labute approximate surface area is 122 Å². The molecule has 1 aliphatic rings. The van der Waals surface area contributed by atoms with Gasteiger partial charge < -0.3 is 10.2 Å². The highest BCUT2D eigenvalue weighted by molar-refractivity contribution is 5.78. The van der Waals surface area contributed by atoms with Gasteiger partial charge in [0.15, 0.2) is 0 Å². The van der Waals surface area contributed by atoms with E-state index in [4.69, 9.17) is 5.26 Å². The minimum absolute atomic E-state index is 0.000354. The van der Waals surface area contributed by atoms with Gasteiger partial charge in [0.2, 0.25) is 5.91 Å². The summed E-state index contributed by atoms with van der Waals surface area (Å²) in [6.45, 7) is 1.34. The quantitative estimate of drug-likeness (QED) is 0.670. The first-order valence-corrected chi connectivity index (χ1v) is 6.72. The lowest BCUT2D eigenvalue weighted by Crippen LogP contribution is -2.39. The lowest BCUT2D eigenvalue weighted by molar-refractivity contribution is -0.385. The van der Waals surface area contributed by atoms with Crippen molar-refractivity contribution in [1.29, 1.82) is 5.26 Å². The van der Waals surface area contributed by atoms with Crippen molar-refractivity contribution in [1.82, 2.24) is 5.32 Å². The monoisotopic (exact) mass is 288 g/mol. The summed E-state index contributed by atoms with van der Waals surface area (Å²) in [6, 6.07) is 6.44. The Hall–Kier alpha value is -2.62. The van der Waals surface area contributed by atoms with E-state index in [2.05, 4.69) is 5.32 Å². The molecule has 0 atom stereocenters. The predicted octanol–water partition coefficient (Wildman–Crippen LogP) is 1.43. The van der Waals surface area contributed by atoms with Crippen LogP contribution in [0.5, 0.6) is 0 Å². The second kappa shape index (κ2) is 6.22. The van der Waals surface area contributed by atoms with Gasteiger partial charge in [0.1, 0.15) is 11.6 Å². The highest BCUT2D eigenvalue weighted by Crippen LogP contribution is 2.28. The van der Waals surface area contributed by atoms with Gasteiger partial charge in [0.05, 0.1) is 4.92 Å². The zero-order valence-corrected chi connectivity index (χ0v) is 11.7. The summed E-state index contributed by atoms with van der Waals surface area (Å²) < 4.78 is 0. The molecule has 1 saturated heterocycles. The molecule has 0 bridgehead atoms. The van der Waals surface area contributed by atoms with Gasteiger partial charge in [-0.15, -0.1) is 0 Å². The van der Waals surface area contributed by atoms with Crippen LogP contribution in [-0.2, 0) is 4.79 Å². The minimum Gasteiger partial charge on any atom is -0.371 e. The lowest BCUT2D eigenvalue weighted by Gasteiger charge is -2.32. The smallest absolute Gasteiger partial charge is 0.289 e. The number of hydrogen-bond acceptors (Lipinski definition) is 5. The van der Waals surface area contributed by atoms with E-state index < -0.39 is 4.92 Å². The highest BCUT2D eigenvalue weighted by atomic mass is 16.6. The van der Waals surface area contributed by atoms with Crippen molar-refractivity contribution in [3.63, 3.8) is 0 Å². The first-order valence-electron chi connectivity index (χ1n) is 6.72. The third kappa shape index (κ3) is 3.11. The molecule has 110 valence electrons. The Morgan fingerprint density at radius 2 is 2.14 bits per heavy atom. The summed E-state index contributed by atoms with van der Waals surface area (Å²) in [7, 11) is 1.62. The van der Waals surface area contributed by atoms with Gasteiger partial charge in [-0.25, -0.2) is 0 Å². The van der Waals surface area contributed by atoms with Gasteiger partial charge in [0.25, 0.3) is 5.69 Å². The Kier molecular flexibility index (Phi) is 4.38. The zero-order valence-electron chi connectivity index (χ0n) is 11.7. The molecule has 0 aliphatic carbocycles. The summed E-state index contributed by atoms with van der Waals surface area (Å²) in [5, 5.41) is 22.5. The van der Waals surface area contributed by atoms with Crippen molar-refractivity contribution in [2.24, 2.45) is 5.92 Å². The van der Waals surface area contributed by atoms with Crippen LogP contribution in [0, 0.1) is 27.4 Å². The third-order valence-corrected chi connectivity index (χ3v) is 3.78. The number of amides is 1. The largest absolute Gasteiger partial charge is 0.371 e. The van der Waals surface area contributed by atoms with E-state index in [0.29, 0.717) is 25.9 Å². The van der Waals surface area contributed by atoms with Crippen LogP contribution in [-0.4, -0.2) is 31.0 Å². The van der Waals surface area contributed by atoms with Crippen LogP contribution < -0.4 is 10.2 Å². The van der Waals surface area contributed by atoms with Crippen LogP contribution in [0.2, 0.25) is 0 Å². The van der Waals surface area contributed by atoms with Crippen LogP contribution in [0.25, 0.3) is 0 Å². The summed E-state index contributed by atoms with van der Waals surface area (Å²) in [6.07, 6.45) is 1.43. The fourth-order valence-electron chi connectivity index (χ4n) is 2.57. The van der Waals surface area contributed by atoms with Crippen LogP contribution in [0.4, 0.5) is 11.4 Å². The number of carbonyl (C=O) groups is 1. The normalized spacial score (nSPS) is 15.3. The van der Waals surface area contributed by atoms with Crippen molar-refractivity contribution in [3.8, 4) is 6.07 Å². The molecule has 7 heteroatoms. The number of nitro groups is 1. The zero-order chi connectivity index (χ0) is 15.4. The van der Waals surface area contributed by atoms with Gasteiger partial charge in [-0.1, -0.05) is 0 Å². The number of carbonyl (C=O) groups excluding carboxylic acids is 1. The number of nitro benzene ring substituents is 1. The molecule has 1 aromatic rings. The number of rotatable bonds is 3. The van der Waals surface area contributed by atoms with E-state index >= 15 is 0 Å². The molecule has 7 nitrogen and oxygen atoms in total. The topological polar surface area (TPSA) is 99.3 Å². The minimum atomic E-state index is -0.542. The van der Waals surface area contributed by atoms with Crippen molar-refractivity contribution >= 4 is 17.3 Å². The maximum Gasteiger partial charge on any atom is 0.289 e. The molecule has 1 amide bonds. The fourth-order valence-corrected chi connectivity index (χ4v) is 2.57. The van der Waals surface area contributed by atoms with Crippen molar-refractivity contribution < 1.29 is 9.72 Å². The SMILES string of the molecule is CNC(=O)C1CCN(c2ccc(C#N)c([N+](=O)[O-])c2)CC1. The van der Waals surface area contributed by atoms with E-state index in [0.717, 1.165) is 5.69 Å². The van der Waals surface area contributed by atoms with E-state index in [1.807, 2.05) is 11.0 Å². The molecule has 1 heterocycles. The Morgan fingerprint density at radius 3 is 2.67 bits per heavy atom. The molecule has 2 rings (SSSR count). The Bertz CT molecular complexity index is 601. The Morgan fingerprint density at radius 1 is 1.48 bits per heavy atom. The molecule has 1 fully saturated rings. The Balaban J connectivity index is 2.14. The van der Waals surface area contributed by atoms with Crippen molar-refractivity contribution in [3.05, 3.63) is 33.9 Å². The van der Waals surface area contributed by atoms with Crippen molar-refractivity contribution in [2.75, 3.05) is 25.0 Å². The molecule has 1 N–H and O–H groups in total. The summed E-state index contributed by atoms with van der Waals surface area (Å²) in [4.78, 5) is 24.0. The van der Waals surface area contributed by atoms with E-state index in [9.17, 15) is 14.9 Å². The molecule has 1 aromatic carbocycles. The number of nitrogens with zero attached hydrogens (tertiary/aromatic N) is 3. The molecule has 0 aromatic heterocycles. The van der Waals surface area contributed by atoms with E-state index in [1.54, 1.807) is 13.1 Å². The first-order chi connectivity index (χ1) is 10.1. The van der Waals surface area contributed by atoms with Crippen LogP contribution >= 0.6 is 0 Å². The maximum absolute atomic E-state index is 11.6. The van der Waals surface area contributed by atoms with Crippen LogP contribution in [0.3, 0.4) is 0 Å². The number of anilines is 1. The molecular formula is C14H16N4O3. The molecule has 0 saturated carbocycles. The van der Waals surface area contributed by atoms with E-state index in [1.165, 1.54) is 12.1 Å². The van der Waals surface area contributed by atoms with Crippen LogP contribution in [0.15, 0.2) is 18.2 Å². The molecule has 0 spiro atoms. The summed E-state index contributed by atoms with van der Waals surface area (Å²) in [5.41, 5.74) is 0.600.